The Hall–Kier alpha value is -2.85. The van der Waals surface area contributed by atoms with Crippen LogP contribution in [-0.2, 0) is 17.8 Å². The number of halogens is 1. The molecule has 5 heteroatoms. The number of ether oxygens (including phenoxy) is 1. The van der Waals surface area contributed by atoms with Crippen molar-refractivity contribution in [2.24, 2.45) is 0 Å². The van der Waals surface area contributed by atoms with Gasteiger partial charge in [-0.15, -0.1) is 0 Å². The molecule has 1 N–H and O–H groups in total. The highest BCUT2D eigenvalue weighted by Crippen LogP contribution is 2.24. The first kappa shape index (κ1) is 30.7. The number of pyridine rings is 1. The molecule has 0 bridgehead atoms. The number of unbranched alkanes of at least 4 members (excludes halogenated alkanes) is 11. The molecule has 0 unspecified atom stereocenters. The molecule has 39 heavy (non-hydrogen) atoms. The smallest absolute Gasteiger partial charge is 0.228 e. The van der Waals surface area contributed by atoms with E-state index in [1.165, 1.54) is 70.6 Å². The molecular weight excluding hydrogens is 504 g/mol. The Kier molecular flexibility index (Phi) is 14.5. The second-order valence-corrected chi connectivity index (χ2v) is 10.8. The maximum absolute atomic E-state index is 12.8. The maximum Gasteiger partial charge on any atom is 0.228 e. The van der Waals surface area contributed by atoms with Crippen molar-refractivity contribution in [3.8, 4) is 5.75 Å². The lowest BCUT2D eigenvalue weighted by molar-refractivity contribution is -0.688. The second kappa shape index (κ2) is 18.4. The molecule has 3 aromatic rings. The van der Waals surface area contributed by atoms with Gasteiger partial charge in [0.25, 0.3) is 0 Å². The number of carbonyl (C=O) groups is 1. The third-order valence-corrected chi connectivity index (χ3v) is 7.42. The Morgan fingerprint density at radius 2 is 1.41 bits per heavy atom. The zero-order valence-electron chi connectivity index (χ0n) is 23.7. The van der Waals surface area contributed by atoms with Gasteiger partial charge in [0.15, 0.2) is 18.9 Å². The van der Waals surface area contributed by atoms with Crippen LogP contribution in [0, 0.1) is 0 Å². The standard InChI is InChI=1S/C34H45ClN2O2/c1-2-3-4-5-6-7-8-9-10-11-12-18-25-39-31-22-21-29(32(35)27-31)26-34(38)36-33-20-15-14-19-30(33)28-37-23-16-13-17-24-37/h13-17,19-24,27H,2-12,18,25-26,28H2,1H3/p+1. The number of nitrogens with one attached hydrogen (secondary N) is 1. The number of amides is 1. The summed E-state index contributed by atoms with van der Waals surface area (Å²) in [5.74, 6) is 0.671. The van der Waals surface area contributed by atoms with Crippen LogP contribution in [-0.4, -0.2) is 12.5 Å². The van der Waals surface area contributed by atoms with Crippen LogP contribution in [0.25, 0.3) is 0 Å². The summed E-state index contributed by atoms with van der Waals surface area (Å²) >= 11 is 6.51. The normalized spacial score (nSPS) is 10.9. The molecule has 0 radical (unpaired) electrons. The highest BCUT2D eigenvalue weighted by molar-refractivity contribution is 6.31. The van der Waals surface area contributed by atoms with Crippen LogP contribution in [0.4, 0.5) is 5.69 Å². The van der Waals surface area contributed by atoms with E-state index >= 15 is 0 Å². The van der Waals surface area contributed by atoms with Gasteiger partial charge in [-0.25, -0.2) is 4.57 Å². The summed E-state index contributed by atoms with van der Waals surface area (Å²) in [6.45, 7) is 3.65. The van der Waals surface area contributed by atoms with Gasteiger partial charge in [0.05, 0.1) is 18.7 Å². The molecule has 1 heterocycles. The third-order valence-electron chi connectivity index (χ3n) is 7.06. The third kappa shape index (κ3) is 12.3. The first-order chi connectivity index (χ1) is 19.2. The lowest BCUT2D eigenvalue weighted by Gasteiger charge is -2.11. The highest BCUT2D eigenvalue weighted by Gasteiger charge is 2.13. The summed E-state index contributed by atoms with van der Waals surface area (Å²) in [6, 6.07) is 19.5. The van der Waals surface area contributed by atoms with E-state index < -0.39 is 0 Å². The van der Waals surface area contributed by atoms with E-state index in [9.17, 15) is 4.79 Å². The molecular formula is C34H46ClN2O2+. The van der Waals surface area contributed by atoms with Gasteiger partial charge in [-0.1, -0.05) is 119 Å². The number of aromatic nitrogens is 1. The van der Waals surface area contributed by atoms with Crippen molar-refractivity contribution in [3.05, 3.63) is 89.2 Å². The van der Waals surface area contributed by atoms with Crippen LogP contribution >= 0.6 is 11.6 Å². The maximum atomic E-state index is 12.8. The average Bonchev–Trinajstić information content (AvgIpc) is 2.94. The molecule has 0 spiro atoms. The van der Waals surface area contributed by atoms with Gasteiger partial charge in [-0.05, 0) is 30.2 Å². The van der Waals surface area contributed by atoms with Crippen LogP contribution in [0.3, 0.4) is 0 Å². The number of anilines is 1. The fraction of sp³-hybridized carbons (Fsp3) is 0.471. The summed E-state index contributed by atoms with van der Waals surface area (Å²) in [5, 5.41) is 3.62. The van der Waals surface area contributed by atoms with Gasteiger partial charge in [0.1, 0.15) is 5.75 Å². The SMILES string of the molecule is CCCCCCCCCCCCCCOc1ccc(CC(=O)Nc2ccccc2C[n+]2ccccc2)c(Cl)c1. The monoisotopic (exact) mass is 549 g/mol. The number of benzene rings is 2. The van der Waals surface area contributed by atoms with Crippen molar-refractivity contribution in [3.63, 3.8) is 0 Å². The molecule has 4 nitrogen and oxygen atoms in total. The van der Waals surface area contributed by atoms with E-state index in [0.29, 0.717) is 18.2 Å². The molecule has 0 aliphatic heterocycles. The fourth-order valence-electron chi connectivity index (χ4n) is 4.78. The molecule has 3 rings (SSSR count). The lowest BCUT2D eigenvalue weighted by atomic mass is 10.1. The molecule has 0 atom stereocenters. The molecule has 0 saturated carbocycles. The van der Waals surface area contributed by atoms with Crippen LogP contribution in [0.15, 0.2) is 73.1 Å². The van der Waals surface area contributed by atoms with Gasteiger partial charge < -0.3 is 10.1 Å². The Labute approximate surface area is 240 Å². The quantitative estimate of drug-likeness (QED) is 0.120. The van der Waals surface area contributed by atoms with Crippen molar-refractivity contribution in [2.75, 3.05) is 11.9 Å². The summed E-state index contributed by atoms with van der Waals surface area (Å²) in [6.07, 6.45) is 20.2. The zero-order chi connectivity index (χ0) is 27.5. The predicted molar refractivity (Wildman–Crippen MR) is 163 cm³/mol. The summed E-state index contributed by atoms with van der Waals surface area (Å²) in [7, 11) is 0. The van der Waals surface area contributed by atoms with Gasteiger partial charge >= 0.3 is 0 Å². The van der Waals surface area contributed by atoms with Crippen LogP contribution in [0.1, 0.15) is 95.1 Å². The van der Waals surface area contributed by atoms with Crippen molar-refractivity contribution in [1.82, 2.24) is 0 Å². The highest BCUT2D eigenvalue weighted by atomic mass is 35.5. The minimum Gasteiger partial charge on any atom is -0.494 e. The van der Waals surface area contributed by atoms with E-state index in [2.05, 4.69) is 16.8 Å². The van der Waals surface area contributed by atoms with Gasteiger partial charge in [0.2, 0.25) is 5.91 Å². The molecule has 1 aromatic heterocycles. The first-order valence-corrected chi connectivity index (χ1v) is 15.3. The summed E-state index contributed by atoms with van der Waals surface area (Å²) in [5.41, 5.74) is 2.66. The number of carbonyl (C=O) groups excluding carboxylic acids is 1. The summed E-state index contributed by atoms with van der Waals surface area (Å²) < 4.78 is 8.00. The van der Waals surface area contributed by atoms with E-state index in [1.807, 2.05) is 73.1 Å². The van der Waals surface area contributed by atoms with Gasteiger partial charge in [-0.2, -0.15) is 0 Å². The lowest BCUT2D eigenvalue weighted by Crippen LogP contribution is -2.33. The minimum atomic E-state index is -0.0902. The number of hydrogen-bond donors (Lipinski definition) is 1. The van der Waals surface area contributed by atoms with Crippen molar-refractivity contribution in [1.29, 1.82) is 0 Å². The molecule has 210 valence electrons. The molecule has 0 aliphatic carbocycles. The summed E-state index contributed by atoms with van der Waals surface area (Å²) in [4.78, 5) is 12.8. The van der Waals surface area contributed by atoms with Gasteiger partial charge in [0, 0.05) is 22.7 Å². The van der Waals surface area contributed by atoms with E-state index in [-0.39, 0.29) is 12.3 Å². The zero-order valence-corrected chi connectivity index (χ0v) is 24.4. The van der Waals surface area contributed by atoms with Crippen molar-refractivity contribution >= 4 is 23.2 Å². The molecule has 0 saturated heterocycles. The topological polar surface area (TPSA) is 42.2 Å². The molecule has 0 fully saturated rings. The minimum absolute atomic E-state index is 0.0902. The Balaban J connectivity index is 1.33. The molecule has 1 amide bonds. The molecule has 2 aromatic carbocycles. The van der Waals surface area contributed by atoms with Crippen LogP contribution in [0.2, 0.25) is 5.02 Å². The Morgan fingerprint density at radius 1 is 0.769 bits per heavy atom. The van der Waals surface area contributed by atoms with E-state index in [4.69, 9.17) is 16.3 Å². The number of nitrogens with zero attached hydrogens (tertiary/aromatic N) is 1. The molecule has 0 aliphatic rings. The van der Waals surface area contributed by atoms with Crippen molar-refractivity contribution in [2.45, 2.75) is 96.9 Å². The van der Waals surface area contributed by atoms with Crippen LogP contribution in [0.5, 0.6) is 5.75 Å². The Bertz CT molecular complexity index is 1100. The largest absolute Gasteiger partial charge is 0.494 e. The van der Waals surface area contributed by atoms with E-state index in [1.54, 1.807) is 0 Å². The number of hydrogen-bond acceptors (Lipinski definition) is 2. The Morgan fingerprint density at radius 3 is 2.08 bits per heavy atom. The number of rotatable bonds is 19. The average molecular weight is 550 g/mol. The predicted octanol–water partition coefficient (Wildman–Crippen LogP) is 8.94. The van der Waals surface area contributed by atoms with E-state index in [0.717, 1.165) is 29.0 Å². The first-order valence-electron chi connectivity index (χ1n) is 14.9. The van der Waals surface area contributed by atoms with Crippen molar-refractivity contribution < 1.29 is 14.1 Å². The van der Waals surface area contributed by atoms with Crippen LogP contribution < -0.4 is 14.6 Å². The fourth-order valence-corrected chi connectivity index (χ4v) is 5.02. The van der Waals surface area contributed by atoms with Gasteiger partial charge in [-0.3, -0.25) is 4.79 Å². The number of para-hydroxylation sites is 1. The second-order valence-electron chi connectivity index (χ2n) is 10.4.